The highest BCUT2D eigenvalue weighted by molar-refractivity contribution is 7.89. The third kappa shape index (κ3) is 6.19. The van der Waals surface area contributed by atoms with Crippen molar-refractivity contribution in [2.75, 3.05) is 19.7 Å². The van der Waals surface area contributed by atoms with E-state index in [1.54, 1.807) is 18.2 Å². The first kappa shape index (κ1) is 24.9. The first-order valence-corrected chi connectivity index (χ1v) is 11.9. The highest BCUT2D eigenvalue weighted by atomic mass is 32.2. The summed E-state index contributed by atoms with van der Waals surface area (Å²) in [5.74, 6) is -1.69. The van der Waals surface area contributed by atoms with Crippen LogP contribution in [0.15, 0.2) is 70.5 Å². The molecule has 2 aromatic heterocycles. The van der Waals surface area contributed by atoms with Crippen LogP contribution in [0, 0.1) is 0 Å². The van der Waals surface area contributed by atoms with E-state index >= 15 is 0 Å². The zero-order valence-electron chi connectivity index (χ0n) is 18.1. The van der Waals surface area contributed by atoms with Crippen molar-refractivity contribution in [3.05, 3.63) is 76.7 Å². The number of hydrogen-bond acceptors (Lipinski definition) is 6. The molecular weight excluding hydrogens is 464 g/mol. The standard InChI is InChI=1S/C22H24N4O7S/c23-9-4-10-33-17-8-7-16-11-15(12-20(27)26(16)14-17)21(28)24-13-19(22(29)30)25-34(31,32)18-5-2-1-3-6-18/h1-3,5-8,11-12,14,19,25H,4,9-10,13,23H2,(H,24,28)(H,29,30)/p+1/t19-/m0/s1. The SMILES string of the molecule is [NH3+]CCCOc1ccc2cc(C(=O)NC[C@H](NS(=O)(=O)c3ccccc3)C(=O)O)cc(=O)n2c1. The van der Waals surface area contributed by atoms with Gasteiger partial charge < -0.3 is 20.9 Å². The number of amides is 1. The number of hydrogen-bond donors (Lipinski definition) is 4. The van der Waals surface area contributed by atoms with Gasteiger partial charge in [0.15, 0.2) is 0 Å². The van der Waals surface area contributed by atoms with Gasteiger partial charge in [0, 0.05) is 30.1 Å². The second-order valence-corrected chi connectivity index (χ2v) is 9.05. The molecule has 11 nitrogen and oxygen atoms in total. The number of quaternary nitrogens is 1. The number of aliphatic carboxylic acids is 1. The Balaban J connectivity index is 1.72. The normalized spacial score (nSPS) is 12.3. The summed E-state index contributed by atoms with van der Waals surface area (Å²) in [5, 5.41) is 11.8. The molecule has 3 rings (SSSR count). The molecule has 3 aromatic rings. The second-order valence-electron chi connectivity index (χ2n) is 7.33. The van der Waals surface area contributed by atoms with E-state index in [1.165, 1.54) is 40.9 Å². The molecule has 0 aliphatic rings. The third-order valence-corrected chi connectivity index (χ3v) is 6.30. The Labute approximate surface area is 195 Å². The Kier molecular flexibility index (Phi) is 7.99. The summed E-state index contributed by atoms with van der Waals surface area (Å²) in [7, 11) is -4.12. The number of nitrogens with zero attached hydrogens (tertiary/aromatic N) is 1. The Morgan fingerprint density at radius 2 is 1.85 bits per heavy atom. The lowest BCUT2D eigenvalue weighted by molar-refractivity contribution is -0.368. The van der Waals surface area contributed by atoms with E-state index in [2.05, 4.69) is 15.8 Å². The number of pyridine rings is 2. The predicted molar refractivity (Wildman–Crippen MR) is 122 cm³/mol. The Morgan fingerprint density at radius 1 is 1.12 bits per heavy atom. The van der Waals surface area contributed by atoms with Crippen molar-refractivity contribution in [2.24, 2.45) is 0 Å². The third-order valence-electron chi connectivity index (χ3n) is 4.81. The van der Waals surface area contributed by atoms with Crippen LogP contribution in [0.25, 0.3) is 5.52 Å². The number of carboxylic acid groups (broad SMARTS) is 1. The molecule has 180 valence electrons. The van der Waals surface area contributed by atoms with Crippen molar-refractivity contribution in [2.45, 2.75) is 17.4 Å². The van der Waals surface area contributed by atoms with E-state index < -0.39 is 40.0 Å². The van der Waals surface area contributed by atoms with Crippen molar-refractivity contribution >= 4 is 27.4 Å². The number of carbonyl (C=O) groups is 2. The van der Waals surface area contributed by atoms with Crippen LogP contribution in [0.1, 0.15) is 16.8 Å². The summed E-state index contributed by atoms with van der Waals surface area (Å²) in [6.45, 7) is 0.657. The van der Waals surface area contributed by atoms with Gasteiger partial charge in [0.1, 0.15) is 11.8 Å². The average Bonchev–Trinajstić information content (AvgIpc) is 2.82. The summed E-state index contributed by atoms with van der Waals surface area (Å²) in [4.78, 5) is 36.6. The van der Waals surface area contributed by atoms with Crippen LogP contribution in [0.4, 0.5) is 0 Å². The first-order chi connectivity index (χ1) is 16.2. The molecular formula is C22H25N4O7S+. The van der Waals surface area contributed by atoms with Crippen LogP contribution in [0.3, 0.4) is 0 Å². The number of fused-ring (bicyclic) bond motifs is 1. The van der Waals surface area contributed by atoms with Gasteiger partial charge >= 0.3 is 5.97 Å². The maximum atomic E-state index is 12.6. The lowest BCUT2D eigenvalue weighted by atomic mass is 10.2. The monoisotopic (exact) mass is 489 g/mol. The second kappa shape index (κ2) is 10.9. The van der Waals surface area contributed by atoms with Crippen molar-refractivity contribution in [3.63, 3.8) is 0 Å². The maximum absolute atomic E-state index is 12.6. The minimum Gasteiger partial charge on any atom is -0.492 e. The topological polar surface area (TPSA) is 171 Å². The van der Waals surface area contributed by atoms with Gasteiger partial charge in [-0.2, -0.15) is 4.72 Å². The van der Waals surface area contributed by atoms with E-state index in [1.807, 2.05) is 0 Å². The van der Waals surface area contributed by atoms with Gasteiger partial charge in [-0.05, 0) is 30.3 Å². The van der Waals surface area contributed by atoms with Gasteiger partial charge in [-0.1, -0.05) is 18.2 Å². The Morgan fingerprint density at radius 3 is 2.53 bits per heavy atom. The summed E-state index contributed by atoms with van der Waals surface area (Å²) in [6.07, 6.45) is 2.28. The molecule has 34 heavy (non-hydrogen) atoms. The number of aromatic nitrogens is 1. The minimum atomic E-state index is -4.12. The van der Waals surface area contributed by atoms with E-state index in [0.717, 1.165) is 19.0 Å². The summed E-state index contributed by atoms with van der Waals surface area (Å²) in [5.41, 5.74) is 3.69. The molecule has 6 N–H and O–H groups in total. The van der Waals surface area contributed by atoms with Gasteiger partial charge in [-0.3, -0.25) is 18.8 Å². The molecule has 0 unspecified atom stereocenters. The number of rotatable bonds is 11. The van der Waals surface area contributed by atoms with Crippen LogP contribution in [0.2, 0.25) is 0 Å². The fourth-order valence-electron chi connectivity index (χ4n) is 3.04. The number of benzene rings is 1. The highest BCUT2D eigenvalue weighted by Crippen LogP contribution is 2.13. The number of ether oxygens (including phenoxy) is 1. The van der Waals surface area contributed by atoms with Crippen LogP contribution in [0.5, 0.6) is 5.75 Å². The summed E-state index contributed by atoms with van der Waals surface area (Å²) < 4.78 is 33.8. The molecule has 12 heteroatoms. The summed E-state index contributed by atoms with van der Waals surface area (Å²) >= 11 is 0. The number of sulfonamides is 1. The maximum Gasteiger partial charge on any atom is 0.323 e. The number of nitrogens with one attached hydrogen (secondary N) is 2. The number of carboxylic acids is 1. The molecule has 0 aliphatic heterocycles. The average molecular weight is 490 g/mol. The molecule has 2 heterocycles. The number of carbonyl (C=O) groups excluding carboxylic acids is 1. The molecule has 0 saturated heterocycles. The molecule has 0 fully saturated rings. The molecule has 0 spiro atoms. The fourth-order valence-corrected chi connectivity index (χ4v) is 4.25. The lowest BCUT2D eigenvalue weighted by Crippen LogP contribution is -2.50. The van der Waals surface area contributed by atoms with Crippen LogP contribution in [-0.2, 0) is 14.8 Å². The quantitative estimate of drug-likeness (QED) is 0.262. The molecule has 1 aromatic carbocycles. The Bertz CT molecular complexity index is 1340. The van der Waals surface area contributed by atoms with Crippen LogP contribution < -0.4 is 26.1 Å². The van der Waals surface area contributed by atoms with Crippen LogP contribution >= 0.6 is 0 Å². The summed E-state index contributed by atoms with van der Waals surface area (Å²) in [6, 6.07) is 11.5. The molecule has 0 radical (unpaired) electrons. The first-order valence-electron chi connectivity index (χ1n) is 10.4. The minimum absolute atomic E-state index is 0.00535. The van der Waals surface area contributed by atoms with E-state index in [-0.39, 0.29) is 10.5 Å². The van der Waals surface area contributed by atoms with Crippen molar-refractivity contribution < 1.29 is 33.6 Å². The van der Waals surface area contributed by atoms with Crippen molar-refractivity contribution in [1.82, 2.24) is 14.4 Å². The van der Waals surface area contributed by atoms with Gasteiger partial charge in [0.2, 0.25) is 10.0 Å². The Hall–Kier alpha value is -3.74. The molecule has 0 aliphatic carbocycles. The van der Waals surface area contributed by atoms with Gasteiger partial charge in [0.25, 0.3) is 11.5 Å². The van der Waals surface area contributed by atoms with E-state index in [4.69, 9.17) is 4.74 Å². The van der Waals surface area contributed by atoms with E-state index in [0.29, 0.717) is 17.9 Å². The van der Waals surface area contributed by atoms with Gasteiger partial charge in [-0.25, -0.2) is 8.42 Å². The van der Waals surface area contributed by atoms with Crippen molar-refractivity contribution in [1.29, 1.82) is 0 Å². The zero-order chi connectivity index (χ0) is 24.7. The predicted octanol–water partition coefficient (Wildman–Crippen LogP) is -0.528. The fraction of sp³-hybridized carbons (Fsp3) is 0.227. The highest BCUT2D eigenvalue weighted by Gasteiger charge is 2.26. The lowest BCUT2D eigenvalue weighted by Gasteiger charge is -2.16. The van der Waals surface area contributed by atoms with Gasteiger partial charge in [0.05, 0.1) is 24.2 Å². The molecule has 0 bridgehead atoms. The molecule has 0 saturated carbocycles. The van der Waals surface area contributed by atoms with Crippen molar-refractivity contribution in [3.8, 4) is 5.75 Å². The largest absolute Gasteiger partial charge is 0.492 e. The van der Waals surface area contributed by atoms with E-state index in [9.17, 15) is 27.9 Å². The molecule has 1 amide bonds. The van der Waals surface area contributed by atoms with Gasteiger partial charge in [-0.15, -0.1) is 0 Å². The molecule has 1 atom stereocenters. The smallest absolute Gasteiger partial charge is 0.323 e. The zero-order valence-corrected chi connectivity index (χ0v) is 19.0. The van der Waals surface area contributed by atoms with Crippen LogP contribution in [-0.4, -0.2) is 55.5 Å².